The molecule has 2 spiro atoms. The van der Waals surface area contributed by atoms with E-state index in [9.17, 15) is 4.79 Å². The Morgan fingerprint density at radius 1 is 0.691 bits per heavy atom. The standard InChI is InChI=1S/C45H62O9S/c1-24-9-15-35-28(5)38(47-40-44(35)33(24)17-19-42(7,49-40)51-53-44)21-26(3)32(23-37(46)30-11-13-31(55)14-12-30)27(4)22-39-29(6)36-16-10-25(2)34-18-20-43(8)50-41(48-39)45(34,36)54-52-43/h11-14,24-25,28-29,32-36,38-41,55H,3-4,9-10,15-23H2,1-2,5-8H3. The van der Waals surface area contributed by atoms with Crippen molar-refractivity contribution in [2.45, 2.75) is 165 Å². The van der Waals surface area contributed by atoms with Gasteiger partial charge in [0.05, 0.1) is 12.2 Å². The van der Waals surface area contributed by atoms with Gasteiger partial charge in [-0.3, -0.25) is 4.79 Å². The molecule has 11 rings (SSSR count). The molecule has 302 valence electrons. The SMILES string of the molecule is C=C(CC1OC2OC3(C)CCC4C(C)CCC(C1C)C24OO3)C(CC(=O)c1ccc(S)cc1)C(=C)CC1OC2OC3(C)CCC4C(C)CCC(C1C)C24OO3. The number of ether oxygens (including phenoxy) is 4. The highest BCUT2D eigenvalue weighted by Gasteiger charge is 2.71. The van der Waals surface area contributed by atoms with Gasteiger partial charge in [0.25, 0.3) is 0 Å². The molecule has 10 heteroatoms. The van der Waals surface area contributed by atoms with Gasteiger partial charge in [-0.25, -0.2) is 19.6 Å². The van der Waals surface area contributed by atoms with Crippen LogP contribution in [0, 0.1) is 53.3 Å². The van der Waals surface area contributed by atoms with Gasteiger partial charge >= 0.3 is 0 Å². The predicted octanol–water partition coefficient (Wildman–Crippen LogP) is 9.56. The Balaban J connectivity index is 0.979. The van der Waals surface area contributed by atoms with E-state index in [-0.39, 0.29) is 54.0 Å². The normalized spacial score (nSPS) is 48.9. The Morgan fingerprint density at radius 3 is 1.60 bits per heavy atom. The number of ketones is 1. The number of carbonyl (C=O) groups is 1. The second kappa shape index (κ2) is 14.0. The van der Waals surface area contributed by atoms with Crippen molar-refractivity contribution >= 4 is 18.4 Å². The first-order valence-electron chi connectivity index (χ1n) is 21.2. The fourth-order valence-electron chi connectivity index (χ4n) is 12.8. The molecule has 0 amide bonds. The minimum Gasteiger partial charge on any atom is -0.346 e. The van der Waals surface area contributed by atoms with Crippen LogP contribution in [0.1, 0.15) is 123 Å². The Bertz CT molecular complexity index is 1590. The number of carbonyl (C=O) groups excluding carboxylic acids is 1. The molecule has 8 saturated heterocycles. The maximum Gasteiger partial charge on any atom is 0.201 e. The highest BCUT2D eigenvalue weighted by molar-refractivity contribution is 7.80. The van der Waals surface area contributed by atoms with Gasteiger partial charge in [0, 0.05) is 47.5 Å². The van der Waals surface area contributed by atoms with Crippen molar-refractivity contribution < 1.29 is 43.3 Å². The molecule has 0 aromatic heterocycles. The zero-order valence-electron chi connectivity index (χ0n) is 33.6. The second-order valence-electron chi connectivity index (χ2n) is 19.3. The van der Waals surface area contributed by atoms with Crippen LogP contribution >= 0.6 is 12.6 Å². The van der Waals surface area contributed by atoms with Crippen molar-refractivity contribution in [3.8, 4) is 0 Å². The molecule has 8 aliphatic heterocycles. The summed E-state index contributed by atoms with van der Waals surface area (Å²) in [4.78, 5) is 39.9. The van der Waals surface area contributed by atoms with Gasteiger partial charge in [0.1, 0.15) is 0 Å². The summed E-state index contributed by atoms with van der Waals surface area (Å²) in [5, 5.41) is 0. The van der Waals surface area contributed by atoms with Gasteiger partial charge in [-0.15, -0.1) is 12.6 Å². The van der Waals surface area contributed by atoms with E-state index in [4.69, 9.17) is 51.7 Å². The Hall–Kier alpha value is -1.60. The van der Waals surface area contributed by atoms with Crippen LogP contribution in [-0.2, 0) is 38.5 Å². The van der Waals surface area contributed by atoms with Crippen LogP contribution in [0.2, 0.25) is 0 Å². The van der Waals surface area contributed by atoms with Gasteiger partial charge in [-0.2, -0.15) is 0 Å². The molecule has 2 aliphatic carbocycles. The lowest BCUT2D eigenvalue weighted by atomic mass is 9.57. The number of fused-ring (bicyclic) bond motifs is 4. The molecule has 55 heavy (non-hydrogen) atoms. The molecule has 16 atom stereocenters. The molecular formula is C45H62O9S. The lowest BCUT2D eigenvalue weighted by molar-refractivity contribution is -0.571. The van der Waals surface area contributed by atoms with E-state index < -0.39 is 35.4 Å². The third-order valence-electron chi connectivity index (χ3n) is 16.1. The van der Waals surface area contributed by atoms with Gasteiger partial charge in [-0.05, 0) is 113 Å². The first-order chi connectivity index (χ1) is 26.2. The number of thiol groups is 1. The largest absolute Gasteiger partial charge is 0.346 e. The Labute approximate surface area is 332 Å². The van der Waals surface area contributed by atoms with Crippen LogP contribution in [0.25, 0.3) is 0 Å². The van der Waals surface area contributed by atoms with Crippen LogP contribution in [-0.4, -0.2) is 53.3 Å². The van der Waals surface area contributed by atoms with Crippen LogP contribution in [0.15, 0.2) is 53.5 Å². The molecule has 0 N–H and O–H groups in total. The molecular weight excluding hydrogens is 717 g/mol. The zero-order chi connectivity index (χ0) is 38.7. The summed E-state index contributed by atoms with van der Waals surface area (Å²) in [5.74, 6) is 0.415. The van der Waals surface area contributed by atoms with Crippen molar-refractivity contribution in [2.24, 2.45) is 53.3 Å². The van der Waals surface area contributed by atoms with E-state index >= 15 is 0 Å². The highest BCUT2D eigenvalue weighted by atomic mass is 32.1. The van der Waals surface area contributed by atoms with E-state index in [0.717, 1.165) is 67.4 Å². The third kappa shape index (κ3) is 6.21. The van der Waals surface area contributed by atoms with Crippen molar-refractivity contribution in [3.05, 3.63) is 54.1 Å². The number of rotatable bonds is 9. The van der Waals surface area contributed by atoms with E-state index in [1.54, 1.807) is 0 Å². The van der Waals surface area contributed by atoms with Gasteiger partial charge < -0.3 is 18.9 Å². The summed E-state index contributed by atoms with van der Waals surface area (Å²) in [6, 6.07) is 7.44. The molecule has 10 aliphatic rings. The summed E-state index contributed by atoms with van der Waals surface area (Å²) in [5.41, 5.74) is 1.29. The first kappa shape index (κ1) is 38.9. The molecule has 1 aromatic rings. The summed E-state index contributed by atoms with van der Waals surface area (Å²) in [7, 11) is 0. The Kier molecular flexibility index (Phi) is 9.91. The first-order valence-corrected chi connectivity index (χ1v) is 21.7. The average molecular weight is 779 g/mol. The van der Waals surface area contributed by atoms with Crippen molar-refractivity contribution in [3.63, 3.8) is 0 Å². The smallest absolute Gasteiger partial charge is 0.201 e. The fraction of sp³-hybridized carbons (Fsp3) is 0.756. The van der Waals surface area contributed by atoms with Crippen molar-refractivity contribution in [1.29, 1.82) is 0 Å². The number of hydrogen-bond donors (Lipinski definition) is 1. The molecule has 1 aromatic carbocycles. The fourth-order valence-corrected chi connectivity index (χ4v) is 12.9. The van der Waals surface area contributed by atoms with Gasteiger partial charge in [0.15, 0.2) is 29.6 Å². The minimum atomic E-state index is -0.841. The van der Waals surface area contributed by atoms with Crippen LogP contribution in [0.4, 0.5) is 0 Å². The van der Waals surface area contributed by atoms with Crippen LogP contribution in [0.5, 0.6) is 0 Å². The predicted molar refractivity (Wildman–Crippen MR) is 207 cm³/mol. The van der Waals surface area contributed by atoms with Crippen LogP contribution < -0.4 is 0 Å². The minimum absolute atomic E-state index is 0.0488. The number of benzene rings is 1. The van der Waals surface area contributed by atoms with Crippen LogP contribution in [0.3, 0.4) is 0 Å². The second-order valence-corrected chi connectivity index (χ2v) is 19.9. The Morgan fingerprint density at radius 2 is 1.15 bits per heavy atom. The molecule has 10 fully saturated rings. The molecule has 16 unspecified atom stereocenters. The van der Waals surface area contributed by atoms with Crippen molar-refractivity contribution in [1.82, 2.24) is 0 Å². The lowest BCUT2D eigenvalue weighted by Crippen LogP contribution is -2.70. The molecule has 4 bridgehead atoms. The lowest BCUT2D eigenvalue weighted by Gasteiger charge is -2.60. The topological polar surface area (TPSA) is 90.9 Å². The van der Waals surface area contributed by atoms with E-state index in [1.165, 1.54) is 0 Å². The maximum atomic E-state index is 14.1. The summed E-state index contributed by atoms with van der Waals surface area (Å²) in [6.07, 6.45) is 7.89. The summed E-state index contributed by atoms with van der Waals surface area (Å²) < 4.78 is 27.4. The molecule has 8 heterocycles. The summed E-state index contributed by atoms with van der Waals surface area (Å²) in [6.45, 7) is 22.6. The van der Waals surface area contributed by atoms with E-state index in [0.29, 0.717) is 42.1 Å². The zero-order valence-corrected chi connectivity index (χ0v) is 34.5. The number of Topliss-reactive ketones (excluding diaryl/α,β-unsaturated/α-hetero) is 1. The summed E-state index contributed by atoms with van der Waals surface area (Å²) >= 11 is 4.46. The quantitative estimate of drug-likeness (QED) is 0.114. The number of hydrogen-bond acceptors (Lipinski definition) is 10. The molecule has 9 nitrogen and oxygen atoms in total. The van der Waals surface area contributed by atoms with Gasteiger partial charge in [0.2, 0.25) is 11.6 Å². The monoisotopic (exact) mass is 778 g/mol. The maximum absolute atomic E-state index is 14.1. The van der Waals surface area contributed by atoms with E-state index in [1.807, 2.05) is 38.1 Å². The highest BCUT2D eigenvalue weighted by Crippen LogP contribution is 2.63. The molecule has 2 saturated carbocycles. The van der Waals surface area contributed by atoms with E-state index in [2.05, 4.69) is 40.3 Å². The van der Waals surface area contributed by atoms with Gasteiger partial charge in [-0.1, -0.05) is 64.1 Å². The average Bonchev–Trinajstić information content (AvgIpc) is 3.53. The molecule has 0 radical (unpaired) electrons. The third-order valence-corrected chi connectivity index (χ3v) is 16.4. The van der Waals surface area contributed by atoms with Crippen molar-refractivity contribution in [2.75, 3.05) is 0 Å².